The van der Waals surface area contributed by atoms with Crippen molar-refractivity contribution in [3.8, 4) is 5.75 Å². The van der Waals surface area contributed by atoms with Crippen molar-refractivity contribution in [2.24, 2.45) is 17.6 Å². The quantitative estimate of drug-likeness (QED) is 0.421. The maximum absolute atomic E-state index is 13.9. The number of fused-ring (bicyclic) bond motifs is 3. The van der Waals surface area contributed by atoms with Gasteiger partial charge in [0.25, 0.3) is 0 Å². The lowest BCUT2D eigenvalue weighted by molar-refractivity contribution is -0.151. The zero-order chi connectivity index (χ0) is 26.6. The fourth-order valence-corrected chi connectivity index (χ4v) is 6.56. The maximum Gasteiger partial charge on any atom is 0.248 e. The van der Waals surface area contributed by atoms with Gasteiger partial charge in [-0.2, -0.15) is 0 Å². The molecule has 0 heterocycles. The second-order valence-corrected chi connectivity index (χ2v) is 10.7. The molecule has 0 aromatic heterocycles. The lowest BCUT2D eigenvalue weighted by Crippen LogP contribution is -2.62. The third-order valence-corrected chi connectivity index (χ3v) is 8.32. The molecule has 6 N–H and O–H groups in total. The highest BCUT2D eigenvalue weighted by Gasteiger charge is 2.60. The number of likely N-dealkylation sites (N-methyl/N-ethyl adjacent to an activating group) is 1. The number of rotatable bonds is 5. The Hall–Kier alpha value is -3.62. The van der Waals surface area contributed by atoms with Crippen LogP contribution in [-0.2, 0) is 28.9 Å². The van der Waals surface area contributed by atoms with E-state index < -0.39 is 41.6 Å². The van der Waals surface area contributed by atoms with Gasteiger partial charge < -0.3 is 26.2 Å². The highest BCUT2D eigenvalue weighted by molar-refractivity contribution is 6.10. The van der Waals surface area contributed by atoms with Gasteiger partial charge in [0.05, 0.1) is 17.2 Å². The molecular weight excluding hydrogens is 472 g/mol. The molecule has 8 nitrogen and oxygen atoms in total. The third-order valence-electron chi connectivity index (χ3n) is 8.32. The molecular formula is C29H32N2O6. The number of amides is 1. The van der Waals surface area contributed by atoms with Crippen molar-refractivity contribution in [1.82, 2.24) is 4.90 Å². The summed E-state index contributed by atoms with van der Waals surface area (Å²) >= 11 is 0. The molecule has 1 fully saturated rings. The number of aliphatic hydroxyl groups is 3. The second-order valence-electron chi connectivity index (χ2n) is 10.7. The topological polar surface area (TPSA) is 144 Å². The Morgan fingerprint density at radius 2 is 1.78 bits per heavy atom. The number of hydrogen-bond donors (Lipinski definition) is 5. The predicted molar refractivity (Wildman–Crippen MR) is 138 cm³/mol. The number of ketones is 1. The third kappa shape index (κ3) is 3.91. The van der Waals surface area contributed by atoms with Gasteiger partial charge in [0.15, 0.2) is 5.78 Å². The molecule has 2 aromatic rings. The monoisotopic (exact) mass is 504 g/mol. The van der Waals surface area contributed by atoms with E-state index >= 15 is 0 Å². The summed E-state index contributed by atoms with van der Waals surface area (Å²) in [6.45, 7) is 0. The molecule has 194 valence electrons. The average molecular weight is 505 g/mol. The van der Waals surface area contributed by atoms with Crippen molar-refractivity contribution in [2.75, 3.05) is 14.1 Å². The van der Waals surface area contributed by atoms with Gasteiger partial charge >= 0.3 is 0 Å². The molecule has 0 aliphatic heterocycles. The van der Waals surface area contributed by atoms with Crippen molar-refractivity contribution in [1.29, 1.82) is 0 Å². The fourth-order valence-electron chi connectivity index (χ4n) is 6.56. The lowest BCUT2D eigenvalue weighted by atomic mass is 9.57. The van der Waals surface area contributed by atoms with Crippen molar-refractivity contribution >= 4 is 17.4 Å². The minimum Gasteiger partial charge on any atom is -0.510 e. The summed E-state index contributed by atoms with van der Waals surface area (Å²) in [6.07, 6.45) is 1.74. The van der Waals surface area contributed by atoms with E-state index in [2.05, 4.69) is 0 Å². The Bertz CT molecular complexity index is 1350. The van der Waals surface area contributed by atoms with Crippen molar-refractivity contribution < 1.29 is 30.0 Å². The molecule has 3 aliphatic rings. The highest BCUT2D eigenvalue weighted by atomic mass is 16.3. The van der Waals surface area contributed by atoms with Crippen LogP contribution < -0.4 is 5.73 Å². The summed E-state index contributed by atoms with van der Waals surface area (Å²) in [5, 5.41) is 44.7. The van der Waals surface area contributed by atoms with E-state index in [9.17, 15) is 30.0 Å². The van der Waals surface area contributed by atoms with E-state index in [0.717, 1.165) is 17.5 Å². The summed E-state index contributed by atoms with van der Waals surface area (Å²) in [4.78, 5) is 27.6. The number of Topliss-reactive ketones (excluding diaryl/α,β-unsaturated/α-hetero) is 1. The number of nitrogens with two attached hydrogens (primary N) is 1. The predicted octanol–water partition coefficient (Wildman–Crippen LogP) is 2.57. The molecule has 37 heavy (non-hydrogen) atoms. The van der Waals surface area contributed by atoms with Crippen molar-refractivity contribution in [3.63, 3.8) is 0 Å². The zero-order valence-electron chi connectivity index (χ0n) is 20.9. The Morgan fingerprint density at radius 3 is 2.43 bits per heavy atom. The van der Waals surface area contributed by atoms with E-state index in [1.807, 2.05) is 36.4 Å². The van der Waals surface area contributed by atoms with E-state index in [-0.39, 0.29) is 34.0 Å². The molecule has 4 atom stereocenters. The van der Waals surface area contributed by atoms with Crippen LogP contribution in [0.5, 0.6) is 5.75 Å². The fraction of sp³-hybridized carbons (Fsp3) is 0.379. The van der Waals surface area contributed by atoms with E-state index in [1.54, 1.807) is 19.0 Å². The molecule has 4 unspecified atom stereocenters. The summed E-state index contributed by atoms with van der Waals surface area (Å²) in [5.74, 6) is -3.42. The van der Waals surface area contributed by atoms with Gasteiger partial charge in [-0.25, -0.2) is 0 Å². The highest BCUT2D eigenvalue weighted by Crippen LogP contribution is 2.53. The van der Waals surface area contributed by atoms with Crippen LogP contribution in [0.15, 0.2) is 59.4 Å². The van der Waals surface area contributed by atoms with E-state index in [1.165, 1.54) is 11.6 Å². The molecule has 0 bridgehead atoms. The smallest absolute Gasteiger partial charge is 0.248 e. The molecule has 0 spiro atoms. The molecule has 1 saturated carbocycles. The van der Waals surface area contributed by atoms with Crippen LogP contribution >= 0.6 is 0 Å². The number of carbonyl (C=O) groups excluding carboxylic acids is 2. The van der Waals surface area contributed by atoms with Gasteiger partial charge in [0.2, 0.25) is 5.91 Å². The summed E-state index contributed by atoms with van der Waals surface area (Å²) in [7, 11) is 3.41. The molecule has 3 aliphatic carbocycles. The number of primary amides is 1. The SMILES string of the molecule is CN(C)C1C(O)=C(C(N)=O)CC2(O)C(=O)C3=C(O)c4c(O)ccc(CCc5ccccc5)c4CC3CC12. The second kappa shape index (κ2) is 9.04. The minimum absolute atomic E-state index is 0.0597. The van der Waals surface area contributed by atoms with Crippen LogP contribution in [0.3, 0.4) is 0 Å². The first-order valence-electron chi connectivity index (χ1n) is 12.5. The first-order chi connectivity index (χ1) is 17.5. The van der Waals surface area contributed by atoms with Crippen LogP contribution in [0.2, 0.25) is 0 Å². The number of phenolic OH excluding ortho intramolecular Hbond substituents is 1. The largest absolute Gasteiger partial charge is 0.510 e. The van der Waals surface area contributed by atoms with Crippen LogP contribution in [0.25, 0.3) is 5.76 Å². The molecule has 8 heteroatoms. The van der Waals surface area contributed by atoms with E-state index in [0.29, 0.717) is 19.3 Å². The van der Waals surface area contributed by atoms with Gasteiger partial charge in [-0.3, -0.25) is 14.5 Å². The number of phenols is 1. The van der Waals surface area contributed by atoms with Gasteiger partial charge in [-0.05, 0) is 68.5 Å². The van der Waals surface area contributed by atoms with Gasteiger partial charge in [-0.1, -0.05) is 36.4 Å². The maximum atomic E-state index is 13.9. The summed E-state index contributed by atoms with van der Waals surface area (Å²) < 4.78 is 0. The molecule has 1 amide bonds. The average Bonchev–Trinajstić information content (AvgIpc) is 2.85. The normalized spacial score (nSPS) is 27.1. The number of aryl methyl sites for hydroxylation is 2. The number of nitrogens with zero attached hydrogens (tertiary/aromatic N) is 1. The summed E-state index contributed by atoms with van der Waals surface area (Å²) in [6, 6.07) is 12.6. The first kappa shape index (κ1) is 25.0. The standard InChI is InChI=1S/C29H32N2O6/c1-31(2)24-20-13-17-12-18-16(9-8-15-6-4-3-5-7-15)10-11-21(32)23(18)26(34)22(17)27(35)29(20,37)14-19(25(24)33)28(30)36/h3-7,10-11,17,20,24,32-34,37H,8-9,12-14H2,1-2H3,(H2,30,36). The van der Waals surface area contributed by atoms with Crippen molar-refractivity contribution in [3.05, 3.63) is 81.6 Å². The Balaban J connectivity index is 1.58. The number of aromatic hydroxyl groups is 1. The van der Waals surface area contributed by atoms with Gasteiger partial charge in [-0.15, -0.1) is 0 Å². The molecule has 2 aromatic carbocycles. The molecule has 0 radical (unpaired) electrons. The minimum atomic E-state index is -2.02. The number of hydrogen-bond acceptors (Lipinski definition) is 7. The van der Waals surface area contributed by atoms with Crippen LogP contribution in [0.1, 0.15) is 35.1 Å². The number of aliphatic hydroxyl groups excluding tert-OH is 2. The van der Waals surface area contributed by atoms with Crippen LogP contribution in [-0.4, -0.2) is 62.8 Å². The van der Waals surface area contributed by atoms with E-state index in [4.69, 9.17) is 5.73 Å². The van der Waals surface area contributed by atoms with Gasteiger partial charge in [0, 0.05) is 17.9 Å². The molecule has 0 saturated heterocycles. The zero-order valence-corrected chi connectivity index (χ0v) is 20.9. The van der Waals surface area contributed by atoms with Crippen molar-refractivity contribution in [2.45, 2.75) is 43.7 Å². The Morgan fingerprint density at radius 1 is 1.08 bits per heavy atom. The van der Waals surface area contributed by atoms with Crippen LogP contribution in [0, 0.1) is 11.8 Å². The number of carbonyl (C=O) groups is 2. The first-order valence-corrected chi connectivity index (χ1v) is 12.5. The summed E-state index contributed by atoms with van der Waals surface area (Å²) in [5.41, 5.74) is 6.48. The van der Waals surface area contributed by atoms with Crippen LogP contribution in [0.4, 0.5) is 0 Å². The molecule has 5 rings (SSSR count). The Kier molecular flexibility index (Phi) is 6.12. The Labute approximate surface area is 215 Å². The number of benzene rings is 2. The lowest BCUT2D eigenvalue weighted by Gasteiger charge is -2.51. The van der Waals surface area contributed by atoms with Gasteiger partial charge in [0.1, 0.15) is 22.9 Å².